The standard InChI is InChI=1S/C22H27N3O4/c1-13(2)22-11-9-21(3,10-12-22)16-17(22)19(27)25(18(16)26)24-20(28)23-14-5-7-15(29-4)8-6-14/h5-9,11,13,16-17H,10,12H2,1-4H3,(H2,23,24,28)/t16-,17+,21-,22+/m1/s1. The number of nitrogens with one attached hydrogen (secondary N) is 2. The molecule has 1 aromatic carbocycles. The lowest BCUT2D eigenvalue weighted by molar-refractivity contribution is -0.143. The van der Waals surface area contributed by atoms with Gasteiger partial charge in [0.25, 0.3) is 11.8 Å². The smallest absolute Gasteiger partial charge is 0.338 e. The molecule has 29 heavy (non-hydrogen) atoms. The Kier molecular flexibility index (Phi) is 4.44. The lowest BCUT2D eigenvalue weighted by Crippen LogP contribution is -2.53. The van der Waals surface area contributed by atoms with Gasteiger partial charge in [-0.1, -0.05) is 32.9 Å². The number of carbonyl (C=O) groups excluding carboxylic acids is 3. The zero-order valence-electron chi connectivity index (χ0n) is 17.2. The Labute approximate surface area is 170 Å². The summed E-state index contributed by atoms with van der Waals surface area (Å²) >= 11 is 0. The molecule has 1 heterocycles. The molecule has 5 rings (SSSR count). The van der Waals surface area contributed by atoms with Crippen molar-refractivity contribution in [3.8, 4) is 5.75 Å². The minimum atomic E-state index is -0.625. The highest BCUT2D eigenvalue weighted by molar-refractivity contribution is 6.08. The fourth-order valence-electron chi connectivity index (χ4n) is 5.28. The number of nitrogens with zero attached hydrogens (tertiary/aromatic N) is 1. The number of rotatable bonds is 4. The van der Waals surface area contributed by atoms with E-state index in [0.717, 1.165) is 17.9 Å². The molecule has 4 aliphatic rings. The predicted octanol–water partition coefficient (Wildman–Crippen LogP) is 3.35. The van der Waals surface area contributed by atoms with E-state index in [9.17, 15) is 14.4 Å². The fraction of sp³-hybridized carbons (Fsp3) is 0.500. The van der Waals surface area contributed by atoms with Crippen LogP contribution in [0.1, 0.15) is 33.6 Å². The van der Waals surface area contributed by atoms with E-state index in [1.165, 1.54) is 0 Å². The third-order valence-electron chi connectivity index (χ3n) is 7.10. The van der Waals surface area contributed by atoms with Gasteiger partial charge in [0.2, 0.25) is 0 Å². The third kappa shape index (κ3) is 2.82. The van der Waals surface area contributed by atoms with Crippen LogP contribution in [0.15, 0.2) is 36.4 Å². The molecule has 0 spiro atoms. The first-order valence-corrected chi connectivity index (χ1v) is 10.0. The molecule has 4 amide bonds. The molecule has 1 aromatic rings. The summed E-state index contributed by atoms with van der Waals surface area (Å²) in [6.07, 6.45) is 6.01. The van der Waals surface area contributed by atoms with Gasteiger partial charge in [0.05, 0.1) is 18.9 Å². The second-order valence-electron chi connectivity index (χ2n) is 8.87. The Morgan fingerprint density at radius 1 is 1.10 bits per heavy atom. The number of carbonyl (C=O) groups is 3. The number of anilines is 1. The first-order chi connectivity index (χ1) is 13.7. The molecule has 0 aromatic heterocycles. The van der Waals surface area contributed by atoms with Gasteiger partial charge in [-0.15, -0.1) is 0 Å². The number of ether oxygens (including phenoxy) is 1. The maximum atomic E-state index is 13.3. The molecule has 0 radical (unpaired) electrons. The van der Waals surface area contributed by atoms with Crippen LogP contribution in [0, 0.1) is 28.6 Å². The molecule has 1 aliphatic heterocycles. The molecular formula is C22H27N3O4. The molecule has 3 aliphatic carbocycles. The first-order valence-electron chi connectivity index (χ1n) is 10.0. The van der Waals surface area contributed by atoms with Crippen molar-refractivity contribution in [3.63, 3.8) is 0 Å². The number of allylic oxidation sites excluding steroid dienone is 2. The maximum Gasteiger partial charge on any atom is 0.338 e. The van der Waals surface area contributed by atoms with Crippen LogP contribution in [-0.2, 0) is 9.59 Å². The summed E-state index contributed by atoms with van der Waals surface area (Å²) in [4.78, 5) is 38.9. The number of hydrogen-bond acceptors (Lipinski definition) is 4. The lowest BCUT2D eigenvalue weighted by atomic mass is 9.46. The number of urea groups is 1. The van der Waals surface area contributed by atoms with Gasteiger partial charge in [0.15, 0.2) is 0 Å². The van der Waals surface area contributed by atoms with Crippen LogP contribution in [0.25, 0.3) is 0 Å². The quantitative estimate of drug-likeness (QED) is 0.602. The SMILES string of the molecule is COc1ccc(NC(=O)NN2C(=O)[C@@H]3[C@H](C2=O)[C@]2(C)C=C[C@@]3(C(C)C)CC2)cc1. The van der Waals surface area contributed by atoms with Gasteiger partial charge in [0.1, 0.15) is 5.75 Å². The molecule has 154 valence electrons. The van der Waals surface area contributed by atoms with E-state index in [1.807, 2.05) is 6.92 Å². The van der Waals surface area contributed by atoms with Gasteiger partial charge in [-0.05, 0) is 48.4 Å². The minimum Gasteiger partial charge on any atom is -0.497 e. The van der Waals surface area contributed by atoms with Crippen LogP contribution in [-0.4, -0.2) is 30.0 Å². The van der Waals surface area contributed by atoms with Crippen LogP contribution in [0.5, 0.6) is 5.75 Å². The number of methoxy groups -OCH3 is 1. The van der Waals surface area contributed by atoms with E-state index in [-0.39, 0.29) is 28.6 Å². The molecule has 1 saturated carbocycles. The van der Waals surface area contributed by atoms with Gasteiger partial charge < -0.3 is 10.1 Å². The van der Waals surface area contributed by atoms with Crippen molar-refractivity contribution < 1.29 is 19.1 Å². The molecule has 2 N–H and O–H groups in total. The highest BCUT2D eigenvalue weighted by Gasteiger charge is 2.67. The predicted molar refractivity (Wildman–Crippen MR) is 108 cm³/mol. The van der Waals surface area contributed by atoms with E-state index in [1.54, 1.807) is 31.4 Å². The van der Waals surface area contributed by atoms with Crippen molar-refractivity contribution in [1.29, 1.82) is 0 Å². The Morgan fingerprint density at radius 3 is 2.31 bits per heavy atom. The topological polar surface area (TPSA) is 87.7 Å². The monoisotopic (exact) mass is 397 g/mol. The number of hydrazine groups is 1. The van der Waals surface area contributed by atoms with Crippen LogP contribution in [0.4, 0.5) is 10.5 Å². The summed E-state index contributed by atoms with van der Waals surface area (Å²) in [5, 5.41) is 3.59. The molecule has 7 nitrogen and oxygen atoms in total. The van der Waals surface area contributed by atoms with Crippen LogP contribution < -0.4 is 15.5 Å². The number of imide groups is 1. The van der Waals surface area contributed by atoms with Crippen molar-refractivity contribution in [2.75, 3.05) is 12.4 Å². The maximum absolute atomic E-state index is 13.3. The second-order valence-corrected chi connectivity index (χ2v) is 8.87. The summed E-state index contributed by atoms with van der Waals surface area (Å²) < 4.78 is 5.10. The molecule has 0 unspecified atom stereocenters. The van der Waals surface area contributed by atoms with Gasteiger partial charge in [-0.25, -0.2) is 10.2 Å². The average Bonchev–Trinajstić information content (AvgIpc) is 2.96. The van der Waals surface area contributed by atoms with Crippen molar-refractivity contribution in [1.82, 2.24) is 10.4 Å². The van der Waals surface area contributed by atoms with Crippen LogP contribution in [0.2, 0.25) is 0 Å². The summed E-state index contributed by atoms with van der Waals surface area (Å²) in [7, 11) is 1.56. The van der Waals surface area contributed by atoms with Crippen molar-refractivity contribution in [2.45, 2.75) is 33.6 Å². The Balaban J connectivity index is 1.55. The second kappa shape index (κ2) is 6.61. The summed E-state index contributed by atoms with van der Waals surface area (Å²) in [6.45, 7) is 6.23. The Morgan fingerprint density at radius 2 is 1.76 bits per heavy atom. The van der Waals surface area contributed by atoms with E-state index in [2.05, 4.69) is 36.7 Å². The van der Waals surface area contributed by atoms with E-state index >= 15 is 0 Å². The number of amides is 4. The largest absolute Gasteiger partial charge is 0.497 e. The Bertz CT molecular complexity index is 894. The molecule has 1 saturated heterocycles. The highest BCUT2D eigenvalue weighted by Crippen LogP contribution is 2.63. The van der Waals surface area contributed by atoms with Crippen LogP contribution >= 0.6 is 0 Å². The zero-order chi connectivity index (χ0) is 21.0. The first kappa shape index (κ1) is 19.5. The van der Waals surface area contributed by atoms with Crippen LogP contribution in [0.3, 0.4) is 0 Å². The van der Waals surface area contributed by atoms with Crippen molar-refractivity contribution in [2.24, 2.45) is 28.6 Å². The van der Waals surface area contributed by atoms with Crippen molar-refractivity contribution in [3.05, 3.63) is 36.4 Å². The number of fused-ring (bicyclic) bond motifs is 1. The van der Waals surface area contributed by atoms with Crippen molar-refractivity contribution >= 4 is 23.5 Å². The highest BCUT2D eigenvalue weighted by atomic mass is 16.5. The summed E-state index contributed by atoms with van der Waals surface area (Å²) in [5.41, 5.74) is 2.33. The van der Waals surface area contributed by atoms with Gasteiger partial charge in [0, 0.05) is 11.1 Å². The minimum absolute atomic E-state index is 0.223. The van der Waals surface area contributed by atoms with Gasteiger partial charge in [-0.2, -0.15) is 5.01 Å². The van der Waals surface area contributed by atoms with E-state index < -0.39 is 17.9 Å². The summed E-state index contributed by atoms with van der Waals surface area (Å²) in [5.74, 6) is -0.603. The molecule has 2 bridgehead atoms. The fourth-order valence-corrected chi connectivity index (χ4v) is 5.28. The van der Waals surface area contributed by atoms with Gasteiger partial charge >= 0.3 is 6.03 Å². The Hall–Kier alpha value is -2.83. The average molecular weight is 397 g/mol. The molecule has 4 atom stereocenters. The van der Waals surface area contributed by atoms with Gasteiger partial charge in [-0.3, -0.25) is 9.59 Å². The normalized spacial score (nSPS) is 32.5. The molecule has 7 heteroatoms. The number of benzene rings is 1. The molecular weight excluding hydrogens is 370 g/mol. The van der Waals surface area contributed by atoms with E-state index in [4.69, 9.17) is 4.74 Å². The summed E-state index contributed by atoms with van der Waals surface area (Å²) in [6, 6.07) is 6.18. The zero-order valence-corrected chi connectivity index (χ0v) is 17.2. The number of hydrogen-bond donors (Lipinski definition) is 2. The lowest BCUT2D eigenvalue weighted by Gasteiger charge is -2.55. The van der Waals surface area contributed by atoms with E-state index in [0.29, 0.717) is 11.4 Å². The third-order valence-corrected chi connectivity index (χ3v) is 7.10. The molecule has 2 fully saturated rings.